The van der Waals surface area contributed by atoms with Crippen molar-refractivity contribution in [2.75, 3.05) is 19.6 Å². The first-order chi connectivity index (χ1) is 13.9. The van der Waals surface area contributed by atoms with Gasteiger partial charge in [0.15, 0.2) is 0 Å². The summed E-state index contributed by atoms with van der Waals surface area (Å²) in [5.41, 5.74) is 0.603. The molecule has 3 fully saturated rings. The quantitative estimate of drug-likeness (QED) is 0.781. The van der Waals surface area contributed by atoms with Gasteiger partial charge in [0.25, 0.3) is 12.4 Å². The molecule has 3 aliphatic rings. The maximum absolute atomic E-state index is 13.0. The van der Waals surface area contributed by atoms with Crippen LogP contribution in [0.15, 0.2) is 12.5 Å². The normalized spacial score (nSPS) is 29.0. The van der Waals surface area contributed by atoms with Gasteiger partial charge < -0.3 is 14.6 Å². The van der Waals surface area contributed by atoms with Gasteiger partial charge in [-0.15, -0.1) is 0 Å². The molecule has 4 rings (SSSR count). The zero-order chi connectivity index (χ0) is 21.0. The lowest BCUT2D eigenvalue weighted by atomic mass is 9.71. The van der Waals surface area contributed by atoms with Gasteiger partial charge in [-0.3, -0.25) is 14.5 Å². The number of fused-ring (bicyclic) bond motifs is 4. The monoisotopic (exact) mass is 404 g/mol. The van der Waals surface area contributed by atoms with Crippen LogP contribution in [0.25, 0.3) is 0 Å². The van der Waals surface area contributed by atoms with Gasteiger partial charge in [-0.2, -0.15) is 0 Å². The molecule has 3 saturated heterocycles. The molecule has 1 amide bonds. The number of nitrogens with zero attached hydrogens (tertiary/aromatic N) is 4. The summed E-state index contributed by atoms with van der Waals surface area (Å²) in [6.45, 7) is 7.52. The predicted molar refractivity (Wildman–Crippen MR) is 112 cm³/mol. The Morgan fingerprint density at radius 2 is 2.03 bits per heavy atom. The SMILES string of the molecule is CC(C)CC[C@H]1[C@H]2C[C@H](CN(C(=O)c3cn(C)cn3)C2)[C@@H]2CCCCN21.O=CO. The van der Waals surface area contributed by atoms with E-state index in [4.69, 9.17) is 9.90 Å². The molecule has 162 valence electrons. The van der Waals surface area contributed by atoms with Crippen LogP contribution in [0.4, 0.5) is 0 Å². The molecule has 29 heavy (non-hydrogen) atoms. The highest BCUT2D eigenvalue weighted by molar-refractivity contribution is 5.92. The van der Waals surface area contributed by atoms with Gasteiger partial charge in [-0.05, 0) is 56.4 Å². The third kappa shape index (κ3) is 5.00. The second-order valence-corrected chi connectivity index (χ2v) is 9.34. The van der Waals surface area contributed by atoms with Crippen molar-refractivity contribution in [1.82, 2.24) is 19.4 Å². The van der Waals surface area contributed by atoms with E-state index in [2.05, 4.69) is 28.6 Å². The number of amides is 1. The molecule has 4 heterocycles. The van der Waals surface area contributed by atoms with E-state index >= 15 is 0 Å². The Balaban J connectivity index is 0.000000755. The summed E-state index contributed by atoms with van der Waals surface area (Å²) >= 11 is 0. The molecule has 1 aromatic heterocycles. The van der Waals surface area contributed by atoms with Crippen molar-refractivity contribution in [3.63, 3.8) is 0 Å². The van der Waals surface area contributed by atoms with Crippen molar-refractivity contribution in [2.45, 2.75) is 64.5 Å². The Labute approximate surface area is 174 Å². The third-order valence-electron chi connectivity index (χ3n) is 6.87. The van der Waals surface area contributed by atoms with Crippen LogP contribution in [-0.2, 0) is 11.8 Å². The summed E-state index contributed by atoms with van der Waals surface area (Å²) < 4.78 is 1.87. The van der Waals surface area contributed by atoms with Gasteiger partial charge in [-0.25, -0.2) is 4.98 Å². The van der Waals surface area contributed by atoms with Crippen molar-refractivity contribution in [2.24, 2.45) is 24.8 Å². The molecular formula is C22H36N4O3. The Morgan fingerprint density at radius 3 is 2.69 bits per heavy atom. The molecule has 0 aliphatic carbocycles. The zero-order valence-corrected chi connectivity index (χ0v) is 18.0. The van der Waals surface area contributed by atoms with Crippen molar-refractivity contribution >= 4 is 12.4 Å². The van der Waals surface area contributed by atoms with Gasteiger partial charge in [0, 0.05) is 38.4 Å². The second-order valence-electron chi connectivity index (χ2n) is 9.34. The fourth-order valence-electron chi connectivity index (χ4n) is 5.66. The van der Waals surface area contributed by atoms with Crippen molar-refractivity contribution in [3.8, 4) is 0 Å². The highest BCUT2D eigenvalue weighted by Gasteiger charge is 2.47. The van der Waals surface area contributed by atoms with E-state index in [1.54, 1.807) is 6.33 Å². The fraction of sp³-hybridized carbons (Fsp3) is 0.773. The largest absolute Gasteiger partial charge is 0.483 e. The minimum absolute atomic E-state index is 0.132. The first-order valence-corrected chi connectivity index (χ1v) is 11.0. The van der Waals surface area contributed by atoms with Crippen LogP contribution in [0.5, 0.6) is 0 Å². The summed E-state index contributed by atoms with van der Waals surface area (Å²) in [5.74, 6) is 2.17. The Hall–Kier alpha value is -1.89. The smallest absolute Gasteiger partial charge is 0.290 e. The van der Waals surface area contributed by atoms with E-state index in [9.17, 15) is 4.79 Å². The number of imidazole rings is 1. The number of likely N-dealkylation sites (tertiary alicyclic amines) is 1. The van der Waals surface area contributed by atoms with E-state index in [-0.39, 0.29) is 12.4 Å². The van der Waals surface area contributed by atoms with Gasteiger partial charge in [0.05, 0.1) is 6.33 Å². The molecule has 0 saturated carbocycles. The van der Waals surface area contributed by atoms with Crippen molar-refractivity contribution in [3.05, 3.63) is 18.2 Å². The molecule has 1 aromatic rings. The topological polar surface area (TPSA) is 78.7 Å². The number of carboxylic acid groups (broad SMARTS) is 1. The van der Waals surface area contributed by atoms with Crippen molar-refractivity contribution in [1.29, 1.82) is 0 Å². The lowest BCUT2D eigenvalue weighted by Gasteiger charge is -2.57. The number of carbonyl (C=O) groups is 2. The maximum atomic E-state index is 13.0. The first-order valence-electron chi connectivity index (χ1n) is 11.0. The van der Waals surface area contributed by atoms with Gasteiger partial charge >= 0.3 is 0 Å². The molecule has 7 heteroatoms. The number of hydrogen-bond acceptors (Lipinski definition) is 4. The minimum Gasteiger partial charge on any atom is -0.483 e. The molecule has 7 nitrogen and oxygen atoms in total. The van der Waals surface area contributed by atoms with E-state index in [1.165, 1.54) is 45.1 Å². The predicted octanol–water partition coefficient (Wildman–Crippen LogP) is 2.87. The summed E-state index contributed by atoms with van der Waals surface area (Å²) in [6, 6.07) is 1.36. The summed E-state index contributed by atoms with van der Waals surface area (Å²) in [7, 11) is 1.93. The molecular weight excluding hydrogens is 368 g/mol. The average molecular weight is 405 g/mol. The second kappa shape index (κ2) is 9.74. The van der Waals surface area contributed by atoms with E-state index in [0.717, 1.165) is 19.0 Å². The molecule has 0 aromatic carbocycles. The highest BCUT2D eigenvalue weighted by Crippen LogP contribution is 2.43. The minimum atomic E-state index is -0.250. The van der Waals surface area contributed by atoms with Crippen LogP contribution in [-0.4, -0.2) is 68.6 Å². The first kappa shape index (κ1) is 21.8. The molecule has 2 bridgehead atoms. The zero-order valence-electron chi connectivity index (χ0n) is 18.0. The lowest BCUT2D eigenvalue weighted by Crippen LogP contribution is -2.64. The van der Waals surface area contributed by atoms with Crippen LogP contribution in [0.3, 0.4) is 0 Å². The average Bonchev–Trinajstić information content (AvgIpc) is 3.14. The molecule has 1 N–H and O–H groups in total. The fourth-order valence-corrected chi connectivity index (χ4v) is 5.66. The van der Waals surface area contributed by atoms with Crippen LogP contribution >= 0.6 is 0 Å². The maximum Gasteiger partial charge on any atom is 0.290 e. The van der Waals surface area contributed by atoms with Crippen LogP contribution in [0.2, 0.25) is 0 Å². The van der Waals surface area contributed by atoms with Crippen LogP contribution < -0.4 is 0 Å². The van der Waals surface area contributed by atoms with Gasteiger partial charge in [-0.1, -0.05) is 20.3 Å². The molecule has 0 radical (unpaired) electrons. The standard InChI is InChI=1S/C21H34N4O.CH2O2/c1-15(2)7-8-20-17-10-16(19-6-4-5-9-25(19)20)11-24(12-17)21(26)18-13-23(3)14-22-18;2-1-3/h13-17,19-20H,4-12H2,1-3H3;1H,(H,2,3)/t16-,17+,19+,20+;/m1./s1. The molecule has 0 spiro atoms. The molecule has 4 atom stereocenters. The van der Waals surface area contributed by atoms with Crippen molar-refractivity contribution < 1.29 is 14.7 Å². The summed E-state index contributed by atoms with van der Waals surface area (Å²) in [5, 5.41) is 6.89. The number of rotatable bonds is 4. The number of piperidine rings is 3. The van der Waals surface area contributed by atoms with Gasteiger partial charge in [0.1, 0.15) is 5.69 Å². The third-order valence-corrected chi connectivity index (χ3v) is 6.87. The van der Waals surface area contributed by atoms with Crippen LogP contribution in [0.1, 0.15) is 62.9 Å². The molecule has 0 unspecified atom stereocenters. The Kier molecular flexibility index (Phi) is 7.33. The summed E-state index contributed by atoms with van der Waals surface area (Å²) in [6.07, 6.45) is 11.5. The lowest BCUT2D eigenvalue weighted by molar-refractivity contribution is -0.122. The van der Waals surface area contributed by atoms with E-state index < -0.39 is 0 Å². The molecule has 3 aliphatic heterocycles. The number of hydrogen-bond donors (Lipinski definition) is 1. The van der Waals surface area contributed by atoms with Gasteiger partial charge in [0.2, 0.25) is 0 Å². The van der Waals surface area contributed by atoms with E-state index in [0.29, 0.717) is 29.6 Å². The number of aromatic nitrogens is 2. The van der Waals surface area contributed by atoms with E-state index in [1.807, 2.05) is 17.8 Å². The summed E-state index contributed by atoms with van der Waals surface area (Å²) in [4.78, 5) is 30.7. The number of aryl methyl sites for hydroxylation is 1. The highest BCUT2D eigenvalue weighted by atomic mass is 16.3. The Bertz CT molecular complexity index is 689. The number of carbonyl (C=O) groups excluding carboxylic acids is 1. The van der Waals surface area contributed by atoms with Crippen LogP contribution in [0, 0.1) is 17.8 Å². The Morgan fingerprint density at radius 1 is 1.31 bits per heavy atom.